The third kappa shape index (κ3) is 6.40. The van der Waals surface area contributed by atoms with Crippen molar-refractivity contribution in [2.75, 3.05) is 18.8 Å². The molecule has 1 aliphatic heterocycles. The molecule has 0 bridgehead atoms. The summed E-state index contributed by atoms with van der Waals surface area (Å²) in [4.78, 5) is 15.7. The Hall–Kier alpha value is -1.22. The Labute approximate surface area is 197 Å². The minimum Gasteiger partial charge on any atom is -0.348 e. The number of nitrogens with zero attached hydrogens (tertiary/aromatic N) is 1. The Morgan fingerprint density at radius 3 is 2.58 bits per heavy atom. The molecule has 31 heavy (non-hydrogen) atoms. The Kier molecular flexibility index (Phi) is 8.35. The molecule has 0 aliphatic carbocycles. The van der Waals surface area contributed by atoms with Gasteiger partial charge in [0.15, 0.2) is 0 Å². The van der Waals surface area contributed by atoms with Gasteiger partial charge < -0.3 is 5.32 Å². The van der Waals surface area contributed by atoms with Crippen LogP contribution in [0.5, 0.6) is 0 Å². The number of hydrogen-bond donors (Lipinski definition) is 1. The number of carbonyl (C=O) groups excluding carboxylic acids is 1. The van der Waals surface area contributed by atoms with Gasteiger partial charge in [0, 0.05) is 33.0 Å². The fourth-order valence-electron chi connectivity index (χ4n) is 3.61. The van der Waals surface area contributed by atoms with Gasteiger partial charge in [-0.05, 0) is 73.1 Å². The molecule has 0 aromatic heterocycles. The van der Waals surface area contributed by atoms with Crippen molar-refractivity contribution in [3.05, 3.63) is 62.1 Å². The third-order valence-corrected chi connectivity index (χ3v) is 7.05. The largest absolute Gasteiger partial charge is 0.416 e. The molecule has 1 saturated heterocycles. The smallest absolute Gasteiger partial charge is 0.348 e. The van der Waals surface area contributed by atoms with E-state index in [-0.39, 0.29) is 24.2 Å². The number of rotatable bonds is 7. The third-order valence-electron chi connectivity index (χ3n) is 5.11. The van der Waals surface area contributed by atoms with E-state index in [1.54, 1.807) is 23.9 Å². The minimum absolute atomic E-state index is 0.0314. The number of carbonyl (C=O) groups is 1. The van der Waals surface area contributed by atoms with E-state index < -0.39 is 17.6 Å². The summed E-state index contributed by atoms with van der Waals surface area (Å²) >= 11 is 11.0. The summed E-state index contributed by atoms with van der Waals surface area (Å²) in [6.07, 6.45) is -2.58. The Morgan fingerprint density at radius 1 is 1.23 bits per heavy atom. The van der Waals surface area contributed by atoms with Crippen molar-refractivity contribution in [3.63, 3.8) is 0 Å². The van der Waals surface area contributed by atoms with E-state index in [4.69, 9.17) is 11.6 Å². The highest BCUT2D eigenvalue weighted by Gasteiger charge is 2.36. The molecule has 1 amide bonds. The van der Waals surface area contributed by atoms with E-state index >= 15 is 0 Å². The molecule has 0 radical (unpaired) electrons. The molecule has 9 heteroatoms. The van der Waals surface area contributed by atoms with Crippen molar-refractivity contribution in [3.8, 4) is 0 Å². The lowest BCUT2D eigenvalue weighted by atomic mass is 10.0. The molecule has 0 spiro atoms. The summed E-state index contributed by atoms with van der Waals surface area (Å²) in [5, 5.41) is 3.27. The summed E-state index contributed by atoms with van der Waals surface area (Å²) in [5.74, 6) is 0.287. The van der Waals surface area contributed by atoms with Gasteiger partial charge in [-0.1, -0.05) is 34.5 Å². The number of likely N-dealkylation sites (tertiary alicyclic amines) is 1. The summed E-state index contributed by atoms with van der Waals surface area (Å²) in [5.41, 5.74) is 0.191. The second kappa shape index (κ2) is 10.6. The maximum atomic E-state index is 13.8. The maximum Gasteiger partial charge on any atom is 0.416 e. The van der Waals surface area contributed by atoms with Gasteiger partial charge in [0.2, 0.25) is 0 Å². The van der Waals surface area contributed by atoms with Crippen LogP contribution >= 0.6 is 39.3 Å². The summed E-state index contributed by atoms with van der Waals surface area (Å²) in [7, 11) is 0. The quantitative estimate of drug-likeness (QED) is 0.398. The first kappa shape index (κ1) is 24.4. The predicted molar refractivity (Wildman–Crippen MR) is 123 cm³/mol. The number of nitrogens with one attached hydrogen (secondary N) is 1. The highest BCUT2D eigenvalue weighted by molar-refractivity contribution is 9.10. The van der Waals surface area contributed by atoms with E-state index in [1.807, 2.05) is 17.9 Å². The van der Waals surface area contributed by atoms with Crippen LogP contribution in [0.3, 0.4) is 0 Å². The summed E-state index contributed by atoms with van der Waals surface area (Å²) < 4.78 is 41.7. The van der Waals surface area contributed by atoms with Gasteiger partial charge in [-0.15, -0.1) is 11.8 Å². The van der Waals surface area contributed by atoms with E-state index in [2.05, 4.69) is 21.2 Å². The predicted octanol–water partition coefficient (Wildman–Crippen LogP) is 6.76. The van der Waals surface area contributed by atoms with Crippen molar-refractivity contribution in [2.45, 2.75) is 43.9 Å². The zero-order valence-corrected chi connectivity index (χ0v) is 20.1. The molecule has 2 aromatic rings. The summed E-state index contributed by atoms with van der Waals surface area (Å²) in [6.45, 7) is 3.96. The molecular formula is C22H23BrClF3N2OS. The maximum absolute atomic E-state index is 13.8. The van der Waals surface area contributed by atoms with Gasteiger partial charge in [0.05, 0.1) is 5.56 Å². The molecule has 3 nitrogen and oxygen atoms in total. The zero-order chi connectivity index (χ0) is 22.6. The molecule has 168 valence electrons. The van der Waals surface area contributed by atoms with Gasteiger partial charge >= 0.3 is 6.18 Å². The lowest BCUT2D eigenvalue weighted by Crippen LogP contribution is -2.25. The lowest BCUT2D eigenvalue weighted by molar-refractivity contribution is -0.138. The van der Waals surface area contributed by atoms with Crippen LogP contribution in [0.1, 0.15) is 46.8 Å². The minimum atomic E-state index is -4.55. The molecule has 1 heterocycles. The number of amides is 1. The fraction of sp³-hybridized carbons (Fsp3) is 0.409. The lowest BCUT2D eigenvalue weighted by Gasteiger charge is -2.21. The van der Waals surface area contributed by atoms with Crippen LogP contribution in [0.2, 0.25) is 5.02 Å². The standard InChI is InChI=1S/C22H23BrClF3N2OS/c1-2-31-20-6-5-16(24)9-15(20)12-28-21(30)14-10-18(22(25,26)27)17(19(23)11-14)13-29-7-3-4-8-29/h5-6,9-11H,2-4,7-8,12-13H2,1H3,(H,28,30). The normalized spacial score (nSPS) is 14.8. The number of hydrogen-bond acceptors (Lipinski definition) is 3. The van der Waals surface area contributed by atoms with Crippen molar-refractivity contribution in [1.29, 1.82) is 0 Å². The highest BCUT2D eigenvalue weighted by atomic mass is 79.9. The first-order chi connectivity index (χ1) is 14.7. The van der Waals surface area contributed by atoms with Crippen molar-refractivity contribution in [2.24, 2.45) is 0 Å². The second-order valence-corrected chi connectivity index (χ2v) is 9.93. The van der Waals surface area contributed by atoms with Crippen LogP contribution in [-0.2, 0) is 19.3 Å². The Bertz CT molecular complexity index is 949. The van der Waals surface area contributed by atoms with Crippen LogP contribution in [0.4, 0.5) is 13.2 Å². The average molecular weight is 536 g/mol. The van der Waals surface area contributed by atoms with E-state index in [1.165, 1.54) is 6.07 Å². The van der Waals surface area contributed by atoms with Crippen molar-refractivity contribution < 1.29 is 18.0 Å². The summed E-state index contributed by atoms with van der Waals surface area (Å²) in [6, 6.07) is 7.83. The molecule has 1 aliphatic rings. The van der Waals surface area contributed by atoms with Gasteiger partial charge in [-0.3, -0.25) is 9.69 Å². The number of halogens is 5. The average Bonchev–Trinajstić information content (AvgIpc) is 3.21. The Morgan fingerprint density at radius 2 is 1.94 bits per heavy atom. The molecule has 3 rings (SSSR count). The van der Waals surface area contributed by atoms with Crippen LogP contribution in [0.25, 0.3) is 0 Å². The molecule has 1 N–H and O–H groups in total. The second-order valence-electron chi connectivity index (χ2n) is 7.33. The first-order valence-electron chi connectivity index (χ1n) is 10.0. The van der Waals surface area contributed by atoms with Gasteiger partial charge in [0.25, 0.3) is 5.91 Å². The molecule has 1 fully saturated rings. The monoisotopic (exact) mass is 534 g/mol. The molecule has 0 unspecified atom stereocenters. The van der Waals surface area contributed by atoms with Crippen LogP contribution in [-0.4, -0.2) is 29.6 Å². The topological polar surface area (TPSA) is 32.3 Å². The van der Waals surface area contributed by atoms with Crippen molar-refractivity contribution >= 4 is 45.2 Å². The Balaban J connectivity index is 1.83. The molecule has 0 atom stereocenters. The zero-order valence-electron chi connectivity index (χ0n) is 17.0. The molecule has 0 saturated carbocycles. The number of alkyl halides is 3. The number of thioether (sulfide) groups is 1. The SMILES string of the molecule is CCSc1ccc(Cl)cc1CNC(=O)c1cc(Br)c(CN2CCCC2)c(C(F)(F)F)c1. The van der Waals surface area contributed by atoms with E-state index in [9.17, 15) is 18.0 Å². The van der Waals surface area contributed by atoms with Gasteiger partial charge in [0.1, 0.15) is 0 Å². The fourth-order valence-corrected chi connectivity index (χ4v) is 5.18. The van der Waals surface area contributed by atoms with E-state index in [0.717, 1.165) is 48.2 Å². The molecular weight excluding hydrogens is 513 g/mol. The van der Waals surface area contributed by atoms with Crippen LogP contribution < -0.4 is 5.32 Å². The van der Waals surface area contributed by atoms with Gasteiger partial charge in [-0.2, -0.15) is 13.2 Å². The highest BCUT2D eigenvalue weighted by Crippen LogP contribution is 2.37. The van der Waals surface area contributed by atoms with Crippen LogP contribution in [0.15, 0.2) is 39.7 Å². The van der Waals surface area contributed by atoms with E-state index in [0.29, 0.717) is 9.50 Å². The number of benzene rings is 2. The van der Waals surface area contributed by atoms with Crippen LogP contribution in [0, 0.1) is 0 Å². The van der Waals surface area contributed by atoms with Crippen molar-refractivity contribution in [1.82, 2.24) is 10.2 Å². The molecule has 2 aromatic carbocycles. The van der Waals surface area contributed by atoms with Gasteiger partial charge in [-0.25, -0.2) is 0 Å². The first-order valence-corrected chi connectivity index (χ1v) is 12.2.